The van der Waals surface area contributed by atoms with E-state index in [0.717, 1.165) is 24.3 Å². The highest BCUT2D eigenvalue weighted by atomic mass is 16.5. The summed E-state index contributed by atoms with van der Waals surface area (Å²) in [6.45, 7) is 4.88. The van der Waals surface area contributed by atoms with Crippen molar-refractivity contribution >= 4 is 0 Å². The summed E-state index contributed by atoms with van der Waals surface area (Å²) in [6, 6.07) is 8.08. The molecule has 2 heteroatoms. The van der Waals surface area contributed by atoms with Crippen molar-refractivity contribution in [1.82, 2.24) is 0 Å². The number of unbranched alkanes of at least 4 members (excludes halogenated alkanes) is 7. The minimum Gasteiger partial charge on any atom is -0.494 e. The molecule has 1 aromatic rings. The van der Waals surface area contributed by atoms with E-state index in [1.54, 1.807) is 0 Å². The summed E-state index contributed by atoms with van der Waals surface area (Å²) in [5.74, 6) is 0.937. The molecule has 0 amide bonds. The maximum Gasteiger partial charge on any atom is 0.119 e. The Morgan fingerprint density at radius 3 is 2.05 bits per heavy atom. The van der Waals surface area contributed by atoms with Gasteiger partial charge in [-0.25, -0.2) is 0 Å². The Hall–Kier alpha value is -1.02. The van der Waals surface area contributed by atoms with Gasteiger partial charge in [-0.15, -0.1) is 0 Å². The van der Waals surface area contributed by atoms with Crippen molar-refractivity contribution < 1.29 is 9.84 Å². The first-order valence-corrected chi connectivity index (χ1v) is 8.62. The maximum atomic E-state index is 9.34. The van der Waals surface area contributed by atoms with Gasteiger partial charge in [0, 0.05) is 0 Å². The predicted octanol–water partition coefficient (Wildman–Crippen LogP) is 5.13. The van der Waals surface area contributed by atoms with E-state index in [0.29, 0.717) is 6.42 Å². The molecule has 120 valence electrons. The van der Waals surface area contributed by atoms with Gasteiger partial charge in [0.15, 0.2) is 0 Å². The summed E-state index contributed by atoms with van der Waals surface area (Å²) >= 11 is 0. The Bertz CT molecular complexity index is 343. The van der Waals surface area contributed by atoms with E-state index in [1.807, 2.05) is 31.2 Å². The van der Waals surface area contributed by atoms with Crippen LogP contribution in [0.15, 0.2) is 24.3 Å². The Labute approximate surface area is 130 Å². The molecule has 0 aromatic heterocycles. The van der Waals surface area contributed by atoms with E-state index >= 15 is 0 Å². The number of ether oxygens (including phenoxy) is 1. The average Bonchev–Trinajstić information content (AvgIpc) is 2.47. The van der Waals surface area contributed by atoms with Crippen LogP contribution in [0.25, 0.3) is 0 Å². The molecule has 0 heterocycles. The van der Waals surface area contributed by atoms with E-state index in [2.05, 4.69) is 6.92 Å². The minimum absolute atomic E-state index is 0.283. The third kappa shape index (κ3) is 9.52. The lowest BCUT2D eigenvalue weighted by atomic mass is 10.1. The standard InChI is InChI=1S/C19H32O2/c1-3-4-5-6-7-8-9-10-15-21-19-13-11-18(12-14-19)16-17(2)20/h11-14,17,20H,3-10,15-16H2,1-2H3. The van der Waals surface area contributed by atoms with E-state index in [-0.39, 0.29) is 6.10 Å². The zero-order chi connectivity index (χ0) is 15.3. The first-order valence-electron chi connectivity index (χ1n) is 8.62. The third-order valence-electron chi connectivity index (χ3n) is 3.72. The van der Waals surface area contributed by atoms with E-state index in [1.165, 1.54) is 44.9 Å². The Morgan fingerprint density at radius 2 is 1.48 bits per heavy atom. The molecule has 1 aromatic carbocycles. The molecule has 1 unspecified atom stereocenters. The van der Waals surface area contributed by atoms with Crippen LogP contribution in [0, 0.1) is 0 Å². The fourth-order valence-corrected chi connectivity index (χ4v) is 2.49. The van der Waals surface area contributed by atoms with Crippen LogP contribution < -0.4 is 4.74 Å². The lowest BCUT2D eigenvalue weighted by molar-refractivity contribution is 0.195. The van der Waals surface area contributed by atoms with Gasteiger partial charge in [0.2, 0.25) is 0 Å². The quantitative estimate of drug-likeness (QED) is 0.541. The van der Waals surface area contributed by atoms with Crippen molar-refractivity contribution in [3.05, 3.63) is 29.8 Å². The number of rotatable bonds is 12. The molecular formula is C19H32O2. The summed E-state index contributed by atoms with van der Waals surface area (Å²) in [7, 11) is 0. The second-order valence-corrected chi connectivity index (χ2v) is 6.02. The van der Waals surface area contributed by atoms with Crippen LogP contribution in [0.4, 0.5) is 0 Å². The van der Waals surface area contributed by atoms with Crippen LogP contribution >= 0.6 is 0 Å². The Balaban J connectivity index is 2.02. The fraction of sp³-hybridized carbons (Fsp3) is 0.684. The lowest BCUT2D eigenvalue weighted by Crippen LogP contribution is -2.04. The van der Waals surface area contributed by atoms with Crippen molar-refractivity contribution in [3.8, 4) is 5.75 Å². The number of aliphatic hydroxyl groups excluding tert-OH is 1. The summed E-state index contributed by atoms with van der Waals surface area (Å²) < 4.78 is 5.75. The van der Waals surface area contributed by atoms with E-state index in [9.17, 15) is 5.11 Å². The molecule has 0 spiro atoms. The normalized spacial score (nSPS) is 12.3. The van der Waals surface area contributed by atoms with Crippen molar-refractivity contribution in [3.63, 3.8) is 0 Å². The zero-order valence-electron chi connectivity index (χ0n) is 13.8. The van der Waals surface area contributed by atoms with E-state index in [4.69, 9.17) is 4.74 Å². The van der Waals surface area contributed by atoms with Crippen molar-refractivity contribution in [1.29, 1.82) is 0 Å². The molecule has 1 N–H and O–H groups in total. The van der Waals surface area contributed by atoms with Gasteiger partial charge >= 0.3 is 0 Å². The van der Waals surface area contributed by atoms with Crippen molar-refractivity contribution in [2.45, 2.75) is 77.7 Å². The molecule has 0 bridgehead atoms. The Kier molecular flexibility index (Phi) is 9.98. The molecule has 0 saturated heterocycles. The summed E-state index contributed by atoms with van der Waals surface area (Å²) in [4.78, 5) is 0. The highest BCUT2D eigenvalue weighted by molar-refractivity contribution is 5.27. The molecule has 0 aliphatic heterocycles. The average molecular weight is 292 g/mol. The fourth-order valence-electron chi connectivity index (χ4n) is 2.49. The minimum atomic E-state index is -0.283. The SMILES string of the molecule is CCCCCCCCCCOc1ccc(CC(C)O)cc1. The Morgan fingerprint density at radius 1 is 0.905 bits per heavy atom. The molecule has 0 radical (unpaired) electrons. The summed E-state index contributed by atoms with van der Waals surface area (Å²) in [5.41, 5.74) is 1.16. The number of aliphatic hydroxyl groups is 1. The molecule has 0 saturated carbocycles. The van der Waals surface area contributed by atoms with Gasteiger partial charge in [0.05, 0.1) is 12.7 Å². The monoisotopic (exact) mass is 292 g/mol. The smallest absolute Gasteiger partial charge is 0.119 e. The van der Waals surface area contributed by atoms with Gasteiger partial charge in [-0.3, -0.25) is 0 Å². The van der Waals surface area contributed by atoms with Gasteiger partial charge < -0.3 is 9.84 Å². The van der Waals surface area contributed by atoms with Crippen LogP contribution in [0.3, 0.4) is 0 Å². The van der Waals surface area contributed by atoms with Crippen molar-refractivity contribution in [2.24, 2.45) is 0 Å². The van der Waals surface area contributed by atoms with Crippen molar-refractivity contribution in [2.75, 3.05) is 6.61 Å². The molecule has 2 nitrogen and oxygen atoms in total. The highest BCUT2D eigenvalue weighted by Crippen LogP contribution is 2.14. The molecule has 0 aliphatic carbocycles. The van der Waals surface area contributed by atoms with Gasteiger partial charge in [0.1, 0.15) is 5.75 Å². The molecule has 1 atom stereocenters. The lowest BCUT2D eigenvalue weighted by Gasteiger charge is -2.08. The van der Waals surface area contributed by atoms with Crippen LogP contribution in [0.1, 0.15) is 70.8 Å². The molecule has 0 aliphatic rings. The summed E-state index contributed by atoms with van der Waals surface area (Å²) in [6.07, 6.45) is 11.0. The van der Waals surface area contributed by atoms with Crippen LogP contribution in [0.2, 0.25) is 0 Å². The van der Waals surface area contributed by atoms with Gasteiger partial charge in [-0.05, 0) is 37.5 Å². The molecule has 0 fully saturated rings. The van der Waals surface area contributed by atoms with Crippen LogP contribution in [-0.2, 0) is 6.42 Å². The van der Waals surface area contributed by atoms with Gasteiger partial charge in [-0.2, -0.15) is 0 Å². The second kappa shape index (κ2) is 11.6. The first kappa shape index (κ1) is 18.0. The zero-order valence-corrected chi connectivity index (χ0v) is 13.8. The molecular weight excluding hydrogens is 260 g/mol. The topological polar surface area (TPSA) is 29.5 Å². The largest absolute Gasteiger partial charge is 0.494 e. The summed E-state index contributed by atoms with van der Waals surface area (Å²) in [5, 5.41) is 9.34. The maximum absolute atomic E-state index is 9.34. The number of hydrogen-bond acceptors (Lipinski definition) is 2. The third-order valence-corrected chi connectivity index (χ3v) is 3.72. The van der Waals surface area contributed by atoms with Gasteiger partial charge in [-0.1, -0.05) is 64.0 Å². The number of hydrogen-bond donors (Lipinski definition) is 1. The van der Waals surface area contributed by atoms with Gasteiger partial charge in [0.25, 0.3) is 0 Å². The first-order chi connectivity index (χ1) is 10.2. The molecule has 1 rings (SSSR count). The van der Waals surface area contributed by atoms with Crippen LogP contribution in [-0.4, -0.2) is 17.8 Å². The van der Waals surface area contributed by atoms with Crippen LogP contribution in [0.5, 0.6) is 5.75 Å². The second-order valence-electron chi connectivity index (χ2n) is 6.02. The highest BCUT2D eigenvalue weighted by Gasteiger charge is 2.00. The molecule has 21 heavy (non-hydrogen) atoms. The van der Waals surface area contributed by atoms with E-state index < -0.39 is 0 Å². The predicted molar refractivity (Wildman–Crippen MR) is 89.9 cm³/mol. The number of benzene rings is 1.